The molecule has 1 aliphatic carbocycles. The summed E-state index contributed by atoms with van der Waals surface area (Å²) in [5, 5.41) is 11.4. The molecule has 4 amide bonds. The van der Waals surface area contributed by atoms with Crippen molar-refractivity contribution in [2.24, 2.45) is 5.92 Å². The van der Waals surface area contributed by atoms with Gasteiger partial charge in [-0.3, -0.25) is 19.2 Å². The van der Waals surface area contributed by atoms with Crippen LogP contribution in [-0.2, 0) is 20.8 Å². The Labute approximate surface area is 216 Å². The average molecular weight is 507 g/mol. The number of ether oxygens (including phenoxy) is 1. The minimum absolute atomic E-state index is 0.0293. The highest BCUT2D eigenvalue weighted by Crippen LogP contribution is 2.27. The van der Waals surface area contributed by atoms with Crippen molar-refractivity contribution in [2.45, 2.75) is 50.6 Å². The van der Waals surface area contributed by atoms with Gasteiger partial charge in [0.2, 0.25) is 17.7 Å². The molecule has 9 nitrogen and oxygen atoms in total. The summed E-state index contributed by atoms with van der Waals surface area (Å²) in [7, 11) is 0. The number of hydrogen-bond acceptors (Lipinski definition) is 5. The second-order valence-corrected chi connectivity index (χ2v) is 9.55. The second-order valence-electron chi connectivity index (χ2n) is 9.55. The summed E-state index contributed by atoms with van der Waals surface area (Å²) < 4.78 is 5.83. The zero-order chi connectivity index (χ0) is 26.0. The van der Waals surface area contributed by atoms with Gasteiger partial charge in [0.15, 0.2) is 0 Å². The molecular formula is C28H34N4O5. The van der Waals surface area contributed by atoms with Gasteiger partial charge in [0.25, 0.3) is 5.91 Å². The van der Waals surface area contributed by atoms with Crippen LogP contribution in [0.5, 0.6) is 5.75 Å². The number of carbonyl (C=O) groups excluding carboxylic acids is 4. The smallest absolute Gasteiger partial charge is 0.255 e. The lowest BCUT2D eigenvalue weighted by atomic mass is 10.0. The van der Waals surface area contributed by atoms with Crippen LogP contribution in [0.1, 0.15) is 48.0 Å². The van der Waals surface area contributed by atoms with Gasteiger partial charge >= 0.3 is 0 Å². The third-order valence-electron chi connectivity index (χ3n) is 6.49. The first-order valence-corrected chi connectivity index (χ1v) is 12.9. The van der Waals surface area contributed by atoms with E-state index in [0.717, 1.165) is 18.4 Å². The molecule has 0 spiro atoms. The van der Waals surface area contributed by atoms with Crippen LogP contribution in [0.4, 0.5) is 0 Å². The lowest BCUT2D eigenvalue weighted by molar-refractivity contribution is -0.129. The van der Waals surface area contributed by atoms with Gasteiger partial charge in [-0.25, -0.2) is 0 Å². The largest absolute Gasteiger partial charge is 0.493 e. The summed E-state index contributed by atoms with van der Waals surface area (Å²) in [6.07, 6.45) is 3.07. The Morgan fingerprint density at radius 1 is 0.946 bits per heavy atom. The van der Waals surface area contributed by atoms with Crippen LogP contribution < -0.4 is 26.0 Å². The molecule has 0 bridgehead atoms. The SMILES string of the molecule is O=C1CC[C@@H](C(=O)NCC2CC2)NC(=O)c2ccccc2OCCCNC(=O)C(Cc2ccccc2)N1. The van der Waals surface area contributed by atoms with Crippen molar-refractivity contribution < 1.29 is 23.9 Å². The molecule has 4 N–H and O–H groups in total. The van der Waals surface area contributed by atoms with Crippen molar-refractivity contribution in [1.29, 1.82) is 0 Å². The monoisotopic (exact) mass is 506 g/mol. The highest BCUT2D eigenvalue weighted by molar-refractivity contribution is 5.99. The van der Waals surface area contributed by atoms with Crippen LogP contribution in [0.15, 0.2) is 54.6 Å². The maximum Gasteiger partial charge on any atom is 0.255 e. The van der Waals surface area contributed by atoms with Crippen LogP contribution in [0.3, 0.4) is 0 Å². The van der Waals surface area contributed by atoms with Crippen molar-refractivity contribution in [3.8, 4) is 5.75 Å². The fourth-order valence-corrected chi connectivity index (χ4v) is 4.17. The number of hydrogen-bond donors (Lipinski definition) is 4. The van der Waals surface area contributed by atoms with E-state index in [1.807, 2.05) is 30.3 Å². The molecule has 2 aromatic carbocycles. The molecule has 196 valence electrons. The average Bonchev–Trinajstić information content (AvgIpc) is 3.74. The van der Waals surface area contributed by atoms with E-state index in [4.69, 9.17) is 4.74 Å². The highest BCUT2D eigenvalue weighted by atomic mass is 16.5. The predicted octanol–water partition coefficient (Wildman–Crippen LogP) is 1.72. The number of rotatable bonds is 5. The van der Waals surface area contributed by atoms with Crippen molar-refractivity contribution >= 4 is 23.6 Å². The van der Waals surface area contributed by atoms with E-state index in [1.165, 1.54) is 0 Å². The molecule has 2 aromatic rings. The summed E-state index contributed by atoms with van der Waals surface area (Å²) in [5.41, 5.74) is 1.23. The molecule has 0 radical (unpaired) electrons. The van der Waals surface area contributed by atoms with Crippen molar-refractivity contribution in [3.63, 3.8) is 0 Å². The first-order chi connectivity index (χ1) is 18.0. The fraction of sp³-hybridized carbons (Fsp3) is 0.429. The van der Waals surface area contributed by atoms with E-state index in [2.05, 4.69) is 21.3 Å². The Bertz CT molecular complexity index is 1100. The molecule has 2 atom stereocenters. The van der Waals surface area contributed by atoms with Crippen molar-refractivity contribution in [1.82, 2.24) is 21.3 Å². The van der Waals surface area contributed by atoms with Gasteiger partial charge in [0.05, 0.1) is 12.2 Å². The quantitative estimate of drug-likeness (QED) is 0.491. The second kappa shape index (κ2) is 12.9. The fourth-order valence-electron chi connectivity index (χ4n) is 4.17. The molecule has 37 heavy (non-hydrogen) atoms. The minimum atomic E-state index is -0.903. The third-order valence-corrected chi connectivity index (χ3v) is 6.49. The summed E-state index contributed by atoms with van der Waals surface area (Å²) >= 11 is 0. The molecular weight excluding hydrogens is 472 g/mol. The normalized spacial score (nSPS) is 21.5. The number of benzene rings is 2. The molecule has 0 aromatic heterocycles. The lowest BCUT2D eigenvalue weighted by Gasteiger charge is -2.22. The van der Waals surface area contributed by atoms with Gasteiger partial charge in [0.1, 0.15) is 17.8 Å². The van der Waals surface area contributed by atoms with Crippen LogP contribution in [-0.4, -0.2) is 55.4 Å². The lowest BCUT2D eigenvalue weighted by Crippen LogP contribution is -2.50. The molecule has 4 rings (SSSR count). The van der Waals surface area contributed by atoms with E-state index in [1.54, 1.807) is 24.3 Å². The molecule has 1 unspecified atom stereocenters. The first-order valence-electron chi connectivity index (χ1n) is 12.9. The highest BCUT2D eigenvalue weighted by Gasteiger charge is 2.28. The number of amides is 4. The van der Waals surface area contributed by atoms with Gasteiger partial charge in [-0.2, -0.15) is 0 Å². The van der Waals surface area contributed by atoms with Gasteiger partial charge in [0, 0.05) is 25.9 Å². The number of para-hydroxylation sites is 1. The topological polar surface area (TPSA) is 126 Å². The van der Waals surface area contributed by atoms with E-state index in [-0.39, 0.29) is 37.2 Å². The van der Waals surface area contributed by atoms with E-state index >= 15 is 0 Å². The number of fused-ring (bicyclic) bond motifs is 1. The van der Waals surface area contributed by atoms with Crippen LogP contribution >= 0.6 is 0 Å². The van der Waals surface area contributed by atoms with Crippen LogP contribution in [0.2, 0.25) is 0 Å². The Balaban J connectivity index is 1.51. The molecule has 9 heteroatoms. The maximum atomic E-state index is 13.1. The summed E-state index contributed by atoms with van der Waals surface area (Å²) in [6.45, 7) is 1.19. The van der Waals surface area contributed by atoms with Gasteiger partial charge < -0.3 is 26.0 Å². The first kappa shape index (κ1) is 26.2. The number of nitrogens with one attached hydrogen (secondary N) is 4. The zero-order valence-electron chi connectivity index (χ0n) is 20.8. The molecule has 0 saturated heterocycles. The molecule has 1 saturated carbocycles. The predicted molar refractivity (Wildman–Crippen MR) is 138 cm³/mol. The third kappa shape index (κ3) is 8.06. The summed E-state index contributed by atoms with van der Waals surface area (Å²) in [4.78, 5) is 51.9. The van der Waals surface area contributed by atoms with E-state index < -0.39 is 18.0 Å². The molecule has 1 fully saturated rings. The van der Waals surface area contributed by atoms with Gasteiger partial charge in [-0.15, -0.1) is 0 Å². The standard InChI is InChI=1S/C28H34N4O5/c33-25-14-13-22(27(35)30-18-20-11-12-20)32-26(34)21-9-4-5-10-24(21)37-16-6-15-29-28(36)23(31-25)17-19-7-2-1-3-8-19/h1-5,7-10,20,22-23H,6,11-18H2,(H,29,36)(H,30,35)(H,31,33)(H,32,34)/t22-,23?/m0/s1. The minimum Gasteiger partial charge on any atom is -0.493 e. The number of carbonyl (C=O) groups is 4. The summed E-state index contributed by atoms with van der Waals surface area (Å²) in [6, 6.07) is 14.6. The Morgan fingerprint density at radius 3 is 2.49 bits per heavy atom. The Kier molecular flexibility index (Phi) is 9.13. The maximum absolute atomic E-state index is 13.1. The van der Waals surface area contributed by atoms with Crippen molar-refractivity contribution in [3.05, 3.63) is 65.7 Å². The van der Waals surface area contributed by atoms with Crippen LogP contribution in [0.25, 0.3) is 0 Å². The summed E-state index contributed by atoms with van der Waals surface area (Å²) in [5.74, 6) is -0.537. The molecule has 2 aliphatic rings. The zero-order valence-corrected chi connectivity index (χ0v) is 20.8. The van der Waals surface area contributed by atoms with Crippen molar-refractivity contribution in [2.75, 3.05) is 19.7 Å². The molecule has 1 aliphatic heterocycles. The van der Waals surface area contributed by atoms with E-state index in [0.29, 0.717) is 43.2 Å². The van der Waals surface area contributed by atoms with Gasteiger partial charge in [-0.05, 0) is 49.3 Å². The van der Waals surface area contributed by atoms with Crippen LogP contribution in [0, 0.1) is 5.92 Å². The van der Waals surface area contributed by atoms with E-state index in [9.17, 15) is 19.2 Å². The van der Waals surface area contributed by atoms with Gasteiger partial charge in [-0.1, -0.05) is 42.5 Å². The molecule has 1 heterocycles. The Hall–Kier alpha value is -3.88. The Morgan fingerprint density at radius 2 is 1.70 bits per heavy atom.